The molecular weight excluding hydrogens is 347 g/mol. The lowest BCUT2D eigenvalue weighted by atomic mass is 10.1. The minimum Gasteiger partial charge on any atom is -0.256 e. The van der Waals surface area contributed by atoms with Gasteiger partial charge in [0, 0.05) is 28.9 Å². The van der Waals surface area contributed by atoms with Gasteiger partial charge < -0.3 is 0 Å². The smallest absolute Gasteiger partial charge is 0.192 e. The summed E-state index contributed by atoms with van der Waals surface area (Å²) in [5.74, 6) is -0.441. The first-order valence-electron chi connectivity index (χ1n) is 5.82. The van der Waals surface area contributed by atoms with E-state index in [9.17, 15) is 12.8 Å². The van der Waals surface area contributed by atoms with Gasteiger partial charge in [0.05, 0.1) is 5.69 Å². The highest BCUT2D eigenvalue weighted by Crippen LogP contribution is 2.32. The minimum atomic E-state index is -3.41. The molecule has 2 rings (SSSR count). The zero-order valence-electron chi connectivity index (χ0n) is 11.5. The Balaban J connectivity index is 2.76. The number of hydrogen-bond donors (Lipinski definition) is 0. The molecule has 0 saturated carbocycles. The number of nitrogens with zero attached hydrogens (tertiary/aromatic N) is 2. The summed E-state index contributed by atoms with van der Waals surface area (Å²) in [5, 5.41) is 4.26. The standard InChI is InChI=1S/C13H14BrFN2O2S/c1-7-5-9(11(15)6-10(7)14)12-8(2)13(17(3)16-12)20(4,18)19/h5-6H,1-4H3. The van der Waals surface area contributed by atoms with Crippen LogP contribution in [0.15, 0.2) is 21.6 Å². The molecule has 1 heterocycles. The normalized spacial score (nSPS) is 11.9. The second-order valence-electron chi connectivity index (χ2n) is 4.76. The molecule has 0 spiro atoms. The third-order valence-corrected chi connectivity index (χ3v) is 5.20. The van der Waals surface area contributed by atoms with Crippen molar-refractivity contribution >= 4 is 25.8 Å². The van der Waals surface area contributed by atoms with Gasteiger partial charge in [-0.25, -0.2) is 12.8 Å². The van der Waals surface area contributed by atoms with Gasteiger partial charge in [0.25, 0.3) is 0 Å². The predicted octanol–water partition coefficient (Wildman–Crippen LogP) is 3.01. The van der Waals surface area contributed by atoms with Gasteiger partial charge in [0.1, 0.15) is 5.82 Å². The van der Waals surface area contributed by atoms with Crippen molar-refractivity contribution in [2.24, 2.45) is 7.05 Å². The van der Waals surface area contributed by atoms with E-state index >= 15 is 0 Å². The Morgan fingerprint density at radius 3 is 2.40 bits per heavy atom. The fraction of sp³-hybridized carbons (Fsp3) is 0.308. The molecule has 0 radical (unpaired) electrons. The average molecular weight is 361 g/mol. The van der Waals surface area contributed by atoms with Crippen LogP contribution in [-0.4, -0.2) is 24.5 Å². The Labute approximate surface area is 125 Å². The fourth-order valence-corrected chi connectivity index (χ4v) is 3.72. The Kier molecular flexibility index (Phi) is 3.77. The molecule has 4 nitrogen and oxygen atoms in total. The minimum absolute atomic E-state index is 0.104. The summed E-state index contributed by atoms with van der Waals surface area (Å²) < 4.78 is 39.6. The SMILES string of the molecule is Cc1cc(-c2nn(C)c(S(C)(=O)=O)c2C)c(F)cc1Br. The summed E-state index contributed by atoms with van der Waals surface area (Å²) in [6.45, 7) is 3.47. The van der Waals surface area contributed by atoms with Crippen molar-refractivity contribution in [3.63, 3.8) is 0 Å². The quantitative estimate of drug-likeness (QED) is 0.826. The van der Waals surface area contributed by atoms with E-state index in [1.54, 1.807) is 13.0 Å². The lowest BCUT2D eigenvalue weighted by molar-refractivity contribution is 0.581. The van der Waals surface area contributed by atoms with Gasteiger partial charge in [-0.15, -0.1) is 0 Å². The first kappa shape index (κ1) is 15.2. The van der Waals surface area contributed by atoms with Crippen molar-refractivity contribution in [1.82, 2.24) is 9.78 Å². The van der Waals surface area contributed by atoms with Crippen LogP contribution in [0.5, 0.6) is 0 Å². The topological polar surface area (TPSA) is 52.0 Å². The van der Waals surface area contributed by atoms with E-state index in [0.29, 0.717) is 21.3 Å². The molecule has 2 aromatic rings. The Morgan fingerprint density at radius 1 is 1.30 bits per heavy atom. The summed E-state index contributed by atoms with van der Waals surface area (Å²) >= 11 is 3.26. The largest absolute Gasteiger partial charge is 0.256 e. The van der Waals surface area contributed by atoms with Gasteiger partial charge >= 0.3 is 0 Å². The third-order valence-electron chi connectivity index (χ3n) is 3.07. The van der Waals surface area contributed by atoms with E-state index < -0.39 is 15.7 Å². The molecule has 0 fully saturated rings. The van der Waals surface area contributed by atoms with E-state index in [0.717, 1.165) is 11.8 Å². The van der Waals surface area contributed by atoms with Crippen LogP contribution in [-0.2, 0) is 16.9 Å². The maximum absolute atomic E-state index is 14.1. The van der Waals surface area contributed by atoms with Crippen molar-refractivity contribution in [1.29, 1.82) is 0 Å². The van der Waals surface area contributed by atoms with Crippen LogP contribution in [0.4, 0.5) is 4.39 Å². The van der Waals surface area contributed by atoms with Crippen LogP contribution in [0.1, 0.15) is 11.1 Å². The van der Waals surface area contributed by atoms with E-state index in [2.05, 4.69) is 21.0 Å². The molecule has 1 aromatic heterocycles. The molecular formula is C13H14BrFN2O2S. The predicted molar refractivity (Wildman–Crippen MR) is 78.9 cm³/mol. The number of sulfone groups is 1. The summed E-state index contributed by atoms with van der Waals surface area (Å²) in [5.41, 5.74) is 1.96. The van der Waals surface area contributed by atoms with Crippen molar-refractivity contribution in [2.75, 3.05) is 6.26 Å². The number of rotatable bonds is 2. The molecule has 0 bridgehead atoms. The maximum atomic E-state index is 14.1. The first-order chi connectivity index (χ1) is 9.12. The van der Waals surface area contributed by atoms with Crippen LogP contribution in [0.3, 0.4) is 0 Å². The van der Waals surface area contributed by atoms with E-state index in [4.69, 9.17) is 0 Å². The number of benzene rings is 1. The zero-order valence-corrected chi connectivity index (χ0v) is 13.9. The summed E-state index contributed by atoms with van der Waals surface area (Å²) in [6, 6.07) is 3.01. The molecule has 0 unspecified atom stereocenters. The van der Waals surface area contributed by atoms with Gasteiger partial charge in [0.15, 0.2) is 14.9 Å². The van der Waals surface area contributed by atoms with Gasteiger partial charge in [-0.05, 0) is 31.5 Å². The molecule has 0 aliphatic heterocycles. The lowest BCUT2D eigenvalue weighted by Crippen LogP contribution is -2.06. The second kappa shape index (κ2) is 4.96. The van der Waals surface area contributed by atoms with Crippen LogP contribution < -0.4 is 0 Å². The molecule has 0 amide bonds. The third kappa shape index (κ3) is 2.52. The van der Waals surface area contributed by atoms with Crippen LogP contribution in [0.25, 0.3) is 11.3 Å². The highest BCUT2D eigenvalue weighted by molar-refractivity contribution is 9.10. The molecule has 7 heteroatoms. The monoisotopic (exact) mass is 360 g/mol. The van der Waals surface area contributed by atoms with Gasteiger partial charge in [0.2, 0.25) is 0 Å². The molecule has 0 atom stereocenters. The molecule has 20 heavy (non-hydrogen) atoms. The van der Waals surface area contributed by atoms with Crippen molar-refractivity contribution in [3.05, 3.63) is 33.5 Å². The number of halogens is 2. The van der Waals surface area contributed by atoms with Crippen LogP contribution in [0, 0.1) is 19.7 Å². The van der Waals surface area contributed by atoms with Gasteiger partial charge in [-0.3, -0.25) is 4.68 Å². The number of aryl methyl sites for hydroxylation is 2. The highest BCUT2D eigenvalue weighted by atomic mass is 79.9. The summed E-state index contributed by atoms with van der Waals surface area (Å²) in [6.07, 6.45) is 1.12. The second-order valence-corrected chi connectivity index (χ2v) is 7.54. The fourth-order valence-electron chi connectivity index (χ4n) is 2.23. The summed E-state index contributed by atoms with van der Waals surface area (Å²) in [7, 11) is -1.88. The van der Waals surface area contributed by atoms with Gasteiger partial charge in [-0.1, -0.05) is 15.9 Å². The molecule has 1 aromatic carbocycles. The lowest BCUT2D eigenvalue weighted by Gasteiger charge is -2.05. The number of aromatic nitrogens is 2. The van der Waals surface area contributed by atoms with E-state index in [1.807, 2.05) is 6.92 Å². The Hall–Kier alpha value is -1.21. The molecule has 0 N–H and O–H groups in total. The van der Waals surface area contributed by atoms with Crippen LogP contribution in [0.2, 0.25) is 0 Å². The maximum Gasteiger partial charge on any atom is 0.192 e. The average Bonchev–Trinajstić information content (AvgIpc) is 2.58. The van der Waals surface area contributed by atoms with Crippen molar-refractivity contribution < 1.29 is 12.8 Å². The molecule has 0 saturated heterocycles. The Morgan fingerprint density at radius 2 is 1.90 bits per heavy atom. The number of hydrogen-bond acceptors (Lipinski definition) is 3. The highest BCUT2D eigenvalue weighted by Gasteiger charge is 2.23. The molecule has 0 aliphatic carbocycles. The van der Waals surface area contributed by atoms with Crippen molar-refractivity contribution in [3.8, 4) is 11.3 Å². The van der Waals surface area contributed by atoms with E-state index in [-0.39, 0.29) is 5.03 Å². The van der Waals surface area contributed by atoms with Crippen molar-refractivity contribution in [2.45, 2.75) is 18.9 Å². The molecule has 0 aliphatic rings. The van der Waals surface area contributed by atoms with Crippen LogP contribution >= 0.6 is 15.9 Å². The summed E-state index contributed by atoms with van der Waals surface area (Å²) in [4.78, 5) is 0. The first-order valence-corrected chi connectivity index (χ1v) is 8.51. The van der Waals surface area contributed by atoms with Gasteiger partial charge in [-0.2, -0.15) is 5.10 Å². The van der Waals surface area contributed by atoms with E-state index in [1.165, 1.54) is 17.8 Å². The molecule has 108 valence electrons. The Bertz CT molecular complexity index is 797. The zero-order chi connectivity index (χ0) is 15.2.